The molecule has 0 spiro atoms. The van der Waals surface area contributed by atoms with Gasteiger partial charge in [0, 0.05) is 11.6 Å². The van der Waals surface area contributed by atoms with Crippen LogP contribution in [0.25, 0.3) is 16.9 Å². The summed E-state index contributed by atoms with van der Waals surface area (Å²) in [6, 6.07) is 13.9. The van der Waals surface area contributed by atoms with Crippen molar-refractivity contribution in [2.45, 2.75) is 6.61 Å². The van der Waals surface area contributed by atoms with Gasteiger partial charge in [-0.2, -0.15) is 9.61 Å². The lowest BCUT2D eigenvalue weighted by Crippen LogP contribution is -2.36. The largest absolute Gasteiger partial charge is 0.484 e. The number of nitrogens with two attached hydrogens (primary N) is 1. The van der Waals surface area contributed by atoms with Gasteiger partial charge in [-0.25, -0.2) is 0 Å². The van der Waals surface area contributed by atoms with Gasteiger partial charge in [-0.15, -0.1) is 10.2 Å². The molecule has 0 aliphatic carbocycles. The summed E-state index contributed by atoms with van der Waals surface area (Å²) in [7, 11) is 4.22. The lowest BCUT2D eigenvalue weighted by molar-refractivity contribution is -0.833. The number of hydrogen-bond acceptors (Lipinski definition) is 5. The van der Waals surface area contributed by atoms with Gasteiger partial charge < -0.3 is 10.5 Å². The Morgan fingerprint density at radius 1 is 1.14 bits per heavy atom. The first kappa shape index (κ1) is 18.9. The maximum absolute atomic E-state index is 6.06. The maximum atomic E-state index is 6.06. The molecule has 2 N–H and O–H groups in total. The number of benzene rings is 1. The summed E-state index contributed by atoms with van der Waals surface area (Å²) in [6.07, 6.45) is 4.12. The van der Waals surface area contributed by atoms with E-state index in [0.717, 1.165) is 29.1 Å². The molecule has 7 nitrogen and oxygen atoms in total. The number of nitrogens with zero attached hydrogens (tertiary/aromatic N) is 5. The Hall–Kier alpha value is -3.47. The minimum atomic E-state index is 0.243. The van der Waals surface area contributed by atoms with Crippen LogP contribution in [0.1, 0.15) is 5.82 Å². The fourth-order valence-corrected chi connectivity index (χ4v) is 3.10. The average Bonchev–Trinajstić information content (AvgIpc) is 3.14. The Kier molecular flexibility index (Phi) is 5.12. The van der Waals surface area contributed by atoms with E-state index in [1.807, 2.05) is 48.5 Å². The predicted octanol–water partition coefficient (Wildman–Crippen LogP) is 2.13. The molecule has 0 saturated heterocycles. The fraction of sp³-hybridized carbons (Fsp3) is 0.227. The first-order valence-electron chi connectivity index (χ1n) is 9.40. The summed E-state index contributed by atoms with van der Waals surface area (Å²) in [5.41, 5.74) is 8.93. The van der Waals surface area contributed by atoms with Crippen LogP contribution in [0.4, 0.5) is 0 Å². The van der Waals surface area contributed by atoms with Gasteiger partial charge in [0.2, 0.25) is 0 Å². The SMILES string of the molecule is C[N+]1(C)C=C(C#CCN)C(OCc2nnc3ccc(-c4ccccc4)nn23)=CC1. The van der Waals surface area contributed by atoms with Crippen molar-refractivity contribution in [2.24, 2.45) is 5.73 Å². The van der Waals surface area contributed by atoms with Crippen molar-refractivity contribution in [1.29, 1.82) is 0 Å². The van der Waals surface area contributed by atoms with Gasteiger partial charge >= 0.3 is 0 Å². The number of fused-ring (bicyclic) bond motifs is 1. The first-order valence-corrected chi connectivity index (χ1v) is 9.40. The lowest BCUT2D eigenvalue weighted by atomic mass is 10.1. The molecule has 0 bridgehead atoms. The number of quaternary nitrogens is 1. The molecule has 1 aliphatic heterocycles. The van der Waals surface area contributed by atoms with Crippen LogP contribution in [0, 0.1) is 11.8 Å². The van der Waals surface area contributed by atoms with Gasteiger partial charge in [0.1, 0.15) is 30.7 Å². The molecule has 3 heterocycles. The van der Waals surface area contributed by atoms with Crippen molar-refractivity contribution in [1.82, 2.24) is 19.8 Å². The van der Waals surface area contributed by atoms with Gasteiger partial charge in [0.05, 0.1) is 26.3 Å². The van der Waals surface area contributed by atoms with Crippen LogP contribution >= 0.6 is 0 Å². The molecule has 0 amide bonds. The molecule has 2 aromatic heterocycles. The van der Waals surface area contributed by atoms with Crippen molar-refractivity contribution < 1.29 is 9.22 Å². The summed E-state index contributed by atoms with van der Waals surface area (Å²) in [6.45, 7) is 1.37. The normalized spacial score (nSPS) is 15.3. The Morgan fingerprint density at radius 3 is 2.76 bits per heavy atom. The number of hydrogen-bond donors (Lipinski definition) is 1. The summed E-state index contributed by atoms with van der Waals surface area (Å²) >= 11 is 0. The van der Waals surface area contributed by atoms with E-state index in [4.69, 9.17) is 15.6 Å². The third-order valence-corrected chi connectivity index (χ3v) is 4.57. The van der Waals surface area contributed by atoms with E-state index < -0.39 is 0 Å². The number of aromatic nitrogens is 4. The van der Waals surface area contributed by atoms with E-state index in [9.17, 15) is 0 Å². The molecule has 0 atom stereocenters. The molecule has 3 aromatic rings. The number of likely N-dealkylation sites (N-methyl/N-ethyl adjacent to an activating group) is 1. The molecule has 0 saturated carbocycles. The smallest absolute Gasteiger partial charge is 0.192 e. The summed E-state index contributed by atoms with van der Waals surface area (Å²) in [4.78, 5) is 0. The van der Waals surface area contributed by atoms with Gasteiger partial charge in [-0.05, 0) is 12.1 Å². The Morgan fingerprint density at radius 2 is 1.97 bits per heavy atom. The average molecular weight is 387 g/mol. The Bertz CT molecular complexity index is 1150. The zero-order valence-corrected chi connectivity index (χ0v) is 16.5. The van der Waals surface area contributed by atoms with Crippen LogP contribution in [-0.2, 0) is 11.3 Å². The molecule has 0 unspecified atom stereocenters. The van der Waals surface area contributed by atoms with E-state index in [1.54, 1.807) is 4.52 Å². The van der Waals surface area contributed by atoms with Crippen LogP contribution in [0.2, 0.25) is 0 Å². The van der Waals surface area contributed by atoms with Crippen molar-refractivity contribution in [3.63, 3.8) is 0 Å². The van der Waals surface area contributed by atoms with Crippen LogP contribution < -0.4 is 5.73 Å². The number of rotatable bonds is 4. The van der Waals surface area contributed by atoms with Gasteiger partial charge in [0.15, 0.2) is 11.5 Å². The number of ether oxygens (including phenoxy) is 1. The van der Waals surface area contributed by atoms with Crippen LogP contribution in [0.3, 0.4) is 0 Å². The van der Waals surface area contributed by atoms with Crippen LogP contribution in [0.15, 0.2) is 66.1 Å². The highest BCUT2D eigenvalue weighted by molar-refractivity contribution is 5.59. The molecule has 1 aliphatic rings. The quantitative estimate of drug-likeness (QED) is 0.548. The highest BCUT2D eigenvalue weighted by Gasteiger charge is 2.22. The van der Waals surface area contributed by atoms with Crippen molar-refractivity contribution in [2.75, 3.05) is 27.2 Å². The second-order valence-corrected chi connectivity index (χ2v) is 7.34. The second kappa shape index (κ2) is 7.87. The second-order valence-electron chi connectivity index (χ2n) is 7.34. The molecule has 0 radical (unpaired) electrons. The Balaban J connectivity index is 1.58. The third kappa shape index (κ3) is 4.19. The molecular formula is C22H23N6O+. The Labute approximate surface area is 169 Å². The number of allylic oxidation sites excluding steroid dienone is 1. The molecule has 1 aromatic carbocycles. The highest BCUT2D eigenvalue weighted by Crippen LogP contribution is 2.22. The molecule has 4 rings (SSSR count). The summed E-state index contributed by atoms with van der Waals surface area (Å²) < 4.78 is 8.49. The van der Waals surface area contributed by atoms with Gasteiger partial charge in [0.25, 0.3) is 0 Å². The molecule has 7 heteroatoms. The monoisotopic (exact) mass is 387 g/mol. The van der Waals surface area contributed by atoms with Crippen molar-refractivity contribution >= 4 is 5.65 Å². The summed E-state index contributed by atoms with van der Waals surface area (Å²) in [5.74, 6) is 7.38. The van der Waals surface area contributed by atoms with Crippen molar-refractivity contribution in [3.8, 4) is 23.1 Å². The molecular weight excluding hydrogens is 364 g/mol. The standard InChI is InChI=1S/C22H23N6O/c1-28(2)14-12-20(18(15-28)9-6-13-23)29-16-22-25-24-21-11-10-19(26-27(21)22)17-7-4-3-5-8-17/h3-5,7-8,10-12,15H,13-14,16,23H2,1-2H3/q+1. The zero-order chi connectivity index (χ0) is 20.3. The van der Waals surface area contributed by atoms with Gasteiger partial charge in [-0.3, -0.25) is 4.48 Å². The predicted molar refractivity (Wildman–Crippen MR) is 111 cm³/mol. The highest BCUT2D eigenvalue weighted by atomic mass is 16.5. The summed E-state index contributed by atoms with van der Waals surface area (Å²) in [5, 5.41) is 13.1. The van der Waals surface area contributed by atoms with E-state index in [2.05, 4.69) is 42.3 Å². The maximum Gasteiger partial charge on any atom is 0.192 e. The van der Waals surface area contributed by atoms with E-state index in [0.29, 0.717) is 22.5 Å². The first-order chi connectivity index (χ1) is 14.1. The molecule has 146 valence electrons. The molecule has 0 fully saturated rings. The van der Waals surface area contributed by atoms with Crippen LogP contribution in [0.5, 0.6) is 0 Å². The minimum Gasteiger partial charge on any atom is -0.484 e. The lowest BCUT2D eigenvalue weighted by Gasteiger charge is -2.28. The van der Waals surface area contributed by atoms with Crippen LogP contribution in [-0.4, -0.2) is 51.5 Å². The van der Waals surface area contributed by atoms with Gasteiger partial charge in [-0.1, -0.05) is 42.2 Å². The molecule has 29 heavy (non-hydrogen) atoms. The third-order valence-electron chi connectivity index (χ3n) is 4.57. The topological polar surface area (TPSA) is 78.3 Å². The van der Waals surface area contributed by atoms with Crippen molar-refractivity contribution in [3.05, 3.63) is 71.9 Å². The van der Waals surface area contributed by atoms with E-state index in [-0.39, 0.29) is 6.61 Å². The minimum absolute atomic E-state index is 0.243. The van der Waals surface area contributed by atoms with E-state index in [1.165, 1.54) is 0 Å². The van der Waals surface area contributed by atoms with E-state index >= 15 is 0 Å². The zero-order valence-electron chi connectivity index (χ0n) is 16.5. The fourth-order valence-electron chi connectivity index (χ4n) is 3.10.